The fourth-order valence-corrected chi connectivity index (χ4v) is 5.67. The summed E-state index contributed by atoms with van der Waals surface area (Å²) in [6, 6.07) is 0. The van der Waals surface area contributed by atoms with E-state index in [0.717, 1.165) is 82.4 Å². The number of aliphatic hydroxyl groups is 1. The second-order valence-electron chi connectivity index (χ2n) is 12.2. The minimum absolute atomic E-state index is 0.132. The van der Waals surface area contributed by atoms with Crippen molar-refractivity contribution < 1.29 is 14.6 Å². The maximum absolute atomic E-state index is 9.14. The van der Waals surface area contributed by atoms with Crippen LogP contribution in [-0.2, 0) is 13.0 Å². The first-order chi connectivity index (χ1) is 18.1. The SMILES string of the molecule is CC(C)=CCCC(C)=CCCC(C)=CCCC1(C)CCc2c3c(c(C)c(C)c2O1)OCN(CCCCO)C3. The van der Waals surface area contributed by atoms with Crippen molar-refractivity contribution in [1.82, 2.24) is 4.90 Å². The molecule has 0 saturated carbocycles. The molecule has 1 aromatic rings. The highest BCUT2D eigenvalue weighted by molar-refractivity contribution is 5.60. The molecule has 1 unspecified atom stereocenters. The van der Waals surface area contributed by atoms with E-state index in [0.29, 0.717) is 6.73 Å². The average Bonchev–Trinajstić information content (AvgIpc) is 2.87. The Hall–Kier alpha value is -2.04. The van der Waals surface area contributed by atoms with Gasteiger partial charge < -0.3 is 14.6 Å². The van der Waals surface area contributed by atoms with E-state index in [2.05, 4.69) is 71.6 Å². The van der Waals surface area contributed by atoms with Crippen molar-refractivity contribution >= 4 is 0 Å². The largest absolute Gasteiger partial charge is 0.487 e. The predicted molar refractivity (Wildman–Crippen MR) is 160 cm³/mol. The van der Waals surface area contributed by atoms with Crippen molar-refractivity contribution in [1.29, 1.82) is 0 Å². The number of unbranched alkanes of at least 4 members (excludes halogenated alkanes) is 1. The maximum Gasteiger partial charge on any atom is 0.142 e. The third-order valence-corrected chi connectivity index (χ3v) is 8.35. The van der Waals surface area contributed by atoms with Gasteiger partial charge in [-0.05, 0) is 124 Å². The number of hydrogen-bond donors (Lipinski definition) is 1. The van der Waals surface area contributed by atoms with E-state index in [9.17, 15) is 0 Å². The molecular weight excluding hydrogens is 470 g/mol. The van der Waals surface area contributed by atoms with Crippen molar-refractivity contribution in [3.8, 4) is 11.5 Å². The molecule has 0 amide bonds. The topological polar surface area (TPSA) is 41.9 Å². The Morgan fingerprint density at radius 1 is 0.895 bits per heavy atom. The quantitative estimate of drug-likeness (QED) is 0.208. The first-order valence-corrected chi connectivity index (χ1v) is 14.9. The van der Waals surface area contributed by atoms with Crippen LogP contribution in [0.25, 0.3) is 0 Å². The Morgan fingerprint density at radius 3 is 2.24 bits per heavy atom. The lowest BCUT2D eigenvalue weighted by atomic mass is 9.84. The highest BCUT2D eigenvalue weighted by atomic mass is 16.5. The van der Waals surface area contributed by atoms with Gasteiger partial charge in [-0.15, -0.1) is 0 Å². The summed E-state index contributed by atoms with van der Waals surface area (Å²) >= 11 is 0. The van der Waals surface area contributed by atoms with Crippen LogP contribution < -0.4 is 9.47 Å². The van der Waals surface area contributed by atoms with Crippen molar-refractivity contribution in [2.24, 2.45) is 0 Å². The number of benzene rings is 1. The van der Waals surface area contributed by atoms with Crippen molar-refractivity contribution in [3.63, 3.8) is 0 Å². The highest BCUT2D eigenvalue weighted by Crippen LogP contribution is 2.46. The van der Waals surface area contributed by atoms with Gasteiger partial charge in [0.15, 0.2) is 0 Å². The average molecular weight is 524 g/mol. The van der Waals surface area contributed by atoms with E-state index in [1.807, 2.05) is 0 Å². The third kappa shape index (κ3) is 8.48. The monoisotopic (exact) mass is 523 g/mol. The zero-order valence-electron chi connectivity index (χ0n) is 25.3. The number of hydrogen-bond acceptors (Lipinski definition) is 4. The molecule has 0 bridgehead atoms. The van der Waals surface area contributed by atoms with Gasteiger partial charge in [-0.1, -0.05) is 34.9 Å². The molecule has 1 N–H and O–H groups in total. The van der Waals surface area contributed by atoms with E-state index in [-0.39, 0.29) is 12.2 Å². The van der Waals surface area contributed by atoms with Gasteiger partial charge in [0, 0.05) is 30.8 Å². The summed E-state index contributed by atoms with van der Waals surface area (Å²) < 4.78 is 13.1. The van der Waals surface area contributed by atoms with Gasteiger partial charge >= 0.3 is 0 Å². The fourth-order valence-electron chi connectivity index (χ4n) is 5.67. The highest BCUT2D eigenvalue weighted by Gasteiger charge is 2.36. The Labute approximate surface area is 232 Å². The van der Waals surface area contributed by atoms with Crippen molar-refractivity contribution in [2.75, 3.05) is 19.9 Å². The van der Waals surface area contributed by atoms with Crippen molar-refractivity contribution in [2.45, 2.75) is 125 Å². The molecule has 0 saturated heterocycles. The van der Waals surface area contributed by atoms with Crippen LogP contribution in [0.15, 0.2) is 34.9 Å². The Bertz CT molecular complexity index is 1030. The van der Waals surface area contributed by atoms with Gasteiger partial charge in [-0.25, -0.2) is 0 Å². The third-order valence-electron chi connectivity index (χ3n) is 8.35. The Morgan fingerprint density at radius 2 is 1.55 bits per heavy atom. The van der Waals surface area contributed by atoms with Crippen LogP contribution in [0.3, 0.4) is 0 Å². The first kappa shape index (κ1) is 30.5. The molecule has 38 heavy (non-hydrogen) atoms. The molecule has 3 rings (SSSR count). The number of allylic oxidation sites excluding steroid dienone is 6. The minimum Gasteiger partial charge on any atom is -0.487 e. The molecule has 212 valence electrons. The number of ether oxygens (including phenoxy) is 2. The molecule has 2 aliphatic heterocycles. The first-order valence-electron chi connectivity index (χ1n) is 14.9. The molecule has 0 spiro atoms. The van der Waals surface area contributed by atoms with Crippen LogP contribution in [0.4, 0.5) is 0 Å². The van der Waals surface area contributed by atoms with Crippen LogP contribution in [0.2, 0.25) is 0 Å². The molecule has 4 nitrogen and oxygen atoms in total. The summed E-state index contributed by atoms with van der Waals surface area (Å²) in [6.45, 7) is 18.3. The molecule has 4 heteroatoms. The molecule has 2 aliphatic rings. The lowest BCUT2D eigenvalue weighted by Gasteiger charge is -2.40. The smallest absolute Gasteiger partial charge is 0.142 e. The summed E-state index contributed by atoms with van der Waals surface area (Å²) in [6.07, 6.45) is 17.8. The summed E-state index contributed by atoms with van der Waals surface area (Å²) in [4.78, 5) is 2.36. The molecule has 1 aromatic carbocycles. The summed E-state index contributed by atoms with van der Waals surface area (Å²) in [5.74, 6) is 2.18. The fraction of sp³-hybridized carbons (Fsp3) is 0.647. The second-order valence-corrected chi connectivity index (χ2v) is 12.2. The van der Waals surface area contributed by atoms with E-state index in [4.69, 9.17) is 14.6 Å². The van der Waals surface area contributed by atoms with Crippen LogP contribution in [0, 0.1) is 13.8 Å². The van der Waals surface area contributed by atoms with Crippen molar-refractivity contribution in [3.05, 3.63) is 57.2 Å². The lowest BCUT2D eigenvalue weighted by Crippen LogP contribution is -2.39. The zero-order chi connectivity index (χ0) is 27.7. The van der Waals surface area contributed by atoms with Gasteiger partial charge in [-0.2, -0.15) is 0 Å². The van der Waals surface area contributed by atoms with E-state index >= 15 is 0 Å². The minimum atomic E-state index is -0.132. The summed E-state index contributed by atoms with van der Waals surface area (Å²) in [7, 11) is 0. The number of fused-ring (bicyclic) bond motifs is 3. The zero-order valence-corrected chi connectivity index (χ0v) is 25.3. The Balaban J connectivity index is 1.57. The molecule has 0 aliphatic carbocycles. The number of nitrogens with zero attached hydrogens (tertiary/aromatic N) is 1. The molecular formula is C34H53NO3. The van der Waals surface area contributed by atoms with Gasteiger partial charge in [-0.3, -0.25) is 4.90 Å². The van der Waals surface area contributed by atoms with Crippen LogP contribution in [-0.4, -0.2) is 35.5 Å². The lowest BCUT2D eigenvalue weighted by molar-refractivity contribution is 0.0521. The van der Waals surface area contributed by atoms with Crippen LogP contribution >= 0.6 is 0 Å². The van der Waals surface area contributed by atoms with Crippen LogP contribution in [0.1, 0.15) is 115 Å². The van der Waals surface area contributed by atoms with Gasteiger partial charge in [0.25, 0.3) is 0 Å². The number of aliphatic hydroxyl groups excluding tert-OH is 1. The number of rotatable bonds is 13. The summed E-state index contributed by atoms with van der Waals surface area (Å²) in [5, 5.41) is 9.14. The predicted octanol–water partition coefficient (Wildman–Crippen LogP) is 8.51. The van der Waals surface area contributed by atoms with Gasteiger partial charge in [0.05, 0.1) is 0 Å². The maximum atomic E-state index is 9.14. The van der Waals surface area contributed by atoms with E-state index in [1.165, 1.54) is 45.4 Å². The second kappa shape index (κ2) is 14.4. The summed E-state index contributed by atoms with van der Waals surface area (Å²) in [5.41, 5.74) is 9.39. The molecule has 0 radical (unpaired) electrons. The molecule has 2 heterocycles. The molecule has 0 fully saturated rings. The molecule has 1 atom stereocenters. The standard InChI is InChI=1S/C34H53NO3/c1-25(2)13-10-14-26(3)15-11-16-27(4)17-12-19-34(7)20-18-30-31-23-35(21-8-9-22-36)24-37-32(31)28(5)29(6)33(30)38-34/h13,15,17,36H,8-12,14,16,18-24H2,1-7H3. The Kier molecular flexibility index (Phi) is 11.5. The van der Waals surface area contributed by atoms with Gasteiger partial charge in [0.2, 0.25) is 0 Å². The van der Waals surface area contributed by atoms with Gasteiger partial charge in [0.1, 0.15) is 23.8 Å². The van der Waals surface area contributed by atoms with Crippen LogP contribution in [0.5, 0.6) is 11.5 Å². The normalized spacial score (nSPS) is 19.9. The molecule has 0 aromatic heterocycles. The van der Waals surface area contributed by atoms with E-state index < -0.39 is 0 Å². The van der Waals surface area contributed by atoms with E-state index in [1.54, 1.807) is 0 Å².